The summed E-state index contributed by atoms with van der Waals surface area (Å²) in [5.41, 5.74) is 3.06. The minimum absolute atomic E-state index is 0.0619. The van der Waals surface area contributed by atoms with Gasteiger partial charge >= 0.3 is 0 Å². The second-order valence-corrected chi connectivity index (χ2v) is 7.59. The predicted octanol–water partition coefficient (Wildman–Crippen LogP) is 5.08. The molecule has 0 unspecified atom stereocenters. The van der Waals surface area contributed by atoms with Crippen molar-refractivity contribution < 1.29 is 18.0 Å². The zero-order valence-electron chi connectivity index (χ0n) is 17.9. The first kappa shape index (κ1) is 22.8. The van der Waals surface area contributed by atoms with E-state index in [0.29, 0.717) is 28.2 Å². The number of nitrogens with zero attached hydrogens (tertiary/aromatic N) is 3. The molecule has 1 aromatic heterocycles. The van der Waals surface area contributed by atoms with Crippen molar-refractivity contribution in [1.29, 1.82) is 5.26 Å². The average molecular weight is 460 g/mol. The van der Waals surface area contributed by atoms with Crippen molar-refractivity contribution in [2.24, 2.45) is 0 Å². The standard InChI is InChI=1S/C26H19F3N4O/c27-20-5-1-3-18(13-20)24-14-21(32-33(24)22-10-7-17(15-30)8-11-22)9-12-25(34)31-16-19-4-2-6-23(28)26(19)29/h1-8,10-11,13-14H,9,12,16H2,(H,31,34). The molecule has 170 valence electrons. The summed E-state index contributed by atoms with van der Waals surface area (Å²) in [6.07, 6.45) is 0.354. The van der Waals surface area contributed by atoms with Gasteiger partial charge in [-0.05, 0) is 48.5 Å². The zero-order chi connectivity index (χ0) is 24.1. The van der Waals surface area contributed by atoms with E-state index in [9.17, 15) is 18.0 Å². The molecule has 5 nitrogen and oxygen atoms in total. The molecule has 4 aromatic rings. The number of carbonyl (C=O) groups excluding carboxylic acids is 1. The lowest BCUT2D eigenvalue weighted by Gasteiger charge is -2.08. The van der Waals surface area contributed by atoms with E-state index in [1.807, 2.05) is 0 Å². The van der Waals surface area contributed by atoms with Crippen LogP contribution in [0, 0.1) is 28.8 Å². The zero-order valence-corrected chi connectivity index (χ0v) is 17.9. The molecule has 34 heavy (non-hydrogen) atoms. The Bertz CT molecular complexity index is 1370. The SMILES string of the molecule is N#Cc1ccc(-n2nc(CCC(=O)NCc3cccc(F)c3F)cc2-c2cccc(F)c2)cc1. The van der Waals surface area contributed by atoms with Crippen molar-refractivity contribution >= 4 is 5.91 Å². The molecule has 0 radical (unpaired) electrons. The smallest absolute Gasteiger partial charge is 0.220 e. The average Bonchev–Trinajstić information content (AvgIpc) is 3.28. The van der Waals surface area contributed by atoms with Gasteiger partial charge in [-0.25, -0.2) is 17.9 Å². The van der Waals surface area contributed by atoms with E-state index < -0.39 is 17.5 Å². The van der Waals surface area contributed by atoms with Crippen LogP contribution in [-0.2, 0) is 17.8 Å². The molecule has 0 saturated heterocycles. The van der Waals surface area contributed by atoms with Crippen molar-refractivity contribution in [3.8, 4) is 23.0 Å². The first-order valence-electron chi connectivity index (χ1n) is 10.5. The Kier molecular flexibility index (Phi) is 6.74. The summed E-state index contributed by atoms with van der Waals surface area (Å²) in [7, 11) is 0. The molecule has 0 bridgehead atoms. The Morgan fingerprint density at radius 3 is 2.50 bits per heavy atom. The monoisotopic (exact) mass is 460 g/mol. The molecule has 1 amide bonds. The Labute approximate surface area is 194 Å². The van der Waals surface area contributed by atoms with E-state index >= 15 is 0 Å². The minimum atomic E-state index is -0.983. The minimum Gasteiger partial charge on any atom is -0.352 e. The number of amides is 1. The number of nitriles is 1. The Morgan fingerprint density at radius 1 is 1.00 bits per heavy atom. The van der Waals surface area contributed by atoms with Gasteiger partial charge in [0.15, 0.2) is 11.6 Å². The molecule has 0 saturated carbocycles. The molecule has 1 heterocycles. The Balaban J connectivity index is 1.52. The lowest BCUT2D eigenvalue weighted by Crippen LogP contribution is -2.23. The van der Waals surface area contributed by atoms with Crippen molar-refractivity contribution in [3.63, 3.8) is 0 Å². The lowest BCUT2D eigenvalue weighted by molar-refractivity contribution is -0.121. The number of carbonyl (C=O) groups is 1. The van der Waals surface area contributed by atoms with E-state index in [4.69, 9.17) is 5.26 Å². The molecule has 0 aliphatic rings. The van der Waals surface area contributed by atoms with Crippen LogP contribution in [0.2, 0.25) is 0 Å². The highest BCUT2D eigenvalue weighted by Gasteiger charge is 2.14. The highest BCUT2D eigenvalue weighted by atomic mass is 19.2. The van der Waals surface area contributed by atoms with Crippen molar-refractivity contribution in [2.45, 2.75) is 19.4 Å². The van der Waals surface area contributed by atoms with Crippen LogP contribution in [-0.4, -0.2) is 15.7 Å². The van der Waals surface area contributed by atoms with Gasteiger partial charge in [-0.2, -0.15) is 10.4 Å². The number of hydrogen-bond donors (Lipinski definition) is 1. The summed E-state index contributed by atoms with van der Waals surface area (Å²) in [4.78, 5) is 12.3. The van der Waals surface area contributed by atoms with Crippen LogP contribution in [0.5, 0.6) is 0 Å². The largest absolute Gasteiger partial charge is 0.352 e. The van der Waals surface area contributed by atoms with Gasteiger partial charge in [0.05, 0.1) is 28.7 Å². The summed E-state index contributed by atoms with van der Waals surface area (Å²) >= 11 is 0. The first-order chi connectivity index (χ1) is 16.4. The normalized spacial score (nSPS) is 10.6. The number of nitrogens with one attached hydrogen (secondary N) is 1. The third-order valence-electron chi connectivity index (χ3n) is 5.24. The van der Waals surface area contributed by atoms with Crippen molar-refractivity contribution in [2.75, 3.05) is 0 Å². The molecule has 0 aliphatic carbocycles. The van der Waals surface area contributed by atoms with Crippen LogP contribution < -0.4 is 5.32 Å². The summed E-state index contributed by atoms with van der Waals surface area (Å²) in [5.74, 6) is -2.69. The highest BCUT2D eigenvalue weighted by molar-refractivity contribution is 5.76. The summed E-state index contributed by atoms with van der Waals surface area (Å²) in [5, 5.41) is 16.2. The third kappa shape index (κ3) is 5.15. The van der Waals surface area contributed by atoms with E-state index in [1.165, 1.54) is 24.3 Å². The van der Waals surface area contributed by atoms with Crippen LogP contribution >= 0.6 is 0 Å². The first-order valence-corrected chi connectivity index (χ1v) is 10.5. The number of halogens is 3. The number of rotatable bonds is 7. The maximum Gasteiger partial charge on any atom is 0.220 e. The number of aryl methyl sites for hydroxylation is 1. The van der Waals surface area contributed by atoms with Crippen LogP contribution in [0.4, 0.5) is 13.2 Å². The molecule has 3 aromatic carbocycles. The topological polar surface area (TPSA) is 70.7 Å². The molecule has 1 N–H and O–H groups in total. The molecule has 0 fully saturated rings. The van der Waals surface area contributed by atoms with Gasteiger partial charge in [-0.1, -0.05) is 24.3 Å². The lowest BCUT2D eigenvalue weighted by atomic mass is 10.1. The van der Waals surface area contributed by atoms with Gasteiger partial charge in [0.1, 0.15) is 5.82 Å². The highest BCUT2D eigenvalue weighted by Crippen LogP contribution is 2.25. The van der Waals surface area contributed by atoms with Crippen LogP contribution in [0.1, 0.15) is 23.2 Å². The quantitative estimate of drug-likeness (QED) is 0.418. The molecule has 8 heteroatoms. The predicted molar refractivity (Wildman–Crippen MR) is 120 cm³/mol. The van der Waals surface area contributed by atoms with E-state index in [-0.39, 0.29) is 30.9 Å². The molecule has 0 atom stereocenters. The number of hydrogen-bond acceptors (Lipinski definition) is 3. The van der Waals surface area contributed by atoms with Gasteiger partial charge in [0, 0.05) is 30.5 Å². The molecular weight excluding hydrogens is 441 g/mol. The van der Waals surface area contributed by atoms with Crippen molar-refractivity contribution in [3.05, 3.63) is 107 Å². The van der Waals surface area contributed by atoms with Crippen molar-refractivity contribution in [1.82, 2.24) is 15.1 Å². The summed E-state index contributed by atoms with van der Waals surface area (Å²) in [6, 6.07) is 20.5. The van der Waals surface area contributed by atoms with Gasteiger partial charge in [-0.15, -0.1) is 0 Å². The van der Waals surface area contributed by atoms with Gasteiger partial charge in [0.25, 0.3) is 0 Å². The van der Waals surface area contributed by atoms with Crippen LogP contribution in [0.15, 0.2) is 72.8 Å². The van der Waals surface area contributed by atoms with Gasteiger partial charge < -0.3 is 5.32 Å². The fraction of sp³-hybridized carbons (Fsp3) is 0.115. The summed E-state index contributed by atoms with van der Waals surface area (Å²) in [6.45, 7) is -0.128. The molecule has 0 aliphatic heterocycles. The van der Waals surface area contributed by atoms with E-state index in [1.54, 1.807) is 47.1 Å². The molecule has 0 spiro atoms. The Hall–Kier alpha value is -4.38. The second kappa shape index (κ2) is 10.0. The van der Waals surface area contributed by atoms with Crippen LogP contribution in [0.3, 0.4) is 0 Å². The second-order valence-electron chi connectivity index (χ2n) is 7.59. The van der Waals surface area contributed by atoms with E-state index in [0.717, 1.165) is 6.07 Å². The van der Waals surface area contributed by atoms with Crippen LogP contribution in [0.25, 0.3) is 16.9 Å². The van der Waals surface area contributed by atoms with Gasteiger partial charge in [0.2, 0.25) is 5.91 Å². The number of aromatic nitrogens is 2. The maximum atomic E-state index is 13.9. The maximum absolute atomic E-state index is 13.9. The fourth-order valence-electron chi connectivity index (χ4n) is 3.49. The Morgan fingerprint density at radius 2 is 1.76 bits per heavy atom. The molecule has 4 rings (SSSR count). The number of benzene rings is 3. The van der Waals surface area contributed by atoms with Gasteiger partial charge in [-0.3, -0.25) is 4.79 Å². The summed E-state index contributed by atoms with van der Waals surface area (Å²) < 4.78 is 42.6. The molecular formula is C26H19F3N4O. The third-order valence-corrected chi connectivity index (χ3v) is 5.24. The van der Waals surface area contributed by atoms with E-state index in [2.05, 4.69) is 16.5 Å². The fourth-order valence-corrected chi connectivity index (χ4v) is 3.49.